The second kappa shape index (κ2) is 5.29. The molecule has 1 saturated heterocycles. The molecule has 0 spiro atoms. The lowest BCUT2D eigenvalue weighted by Gasteiger charge is -2.41. The minimum atomic E-state index is 0.345. The van der Waals surface area contributed by atoms with Gasteiger partial charge in [-0.15, -0.1) is 11.3 Å². The molecule has 3 heterocycles. The van der Waals surface area contributed by atoms with Gasteiger partial charge in [0.2, 0.25) is 0 Å². The van der Waals surface area contributed by atoms with Gasteiger partial charge in [-0.2, -0.15) is 0 Å². The minimum Gasteiger partial charge on any atom is -0.377 e. The standard InChI is InChI=1S/C14H22N2OS/c1-10-11-5-8-18-14(11)4-6-16(10)12(9-15)13-3-2-7-17-13/h5,8,10,12-13H,2-4,6-7,9,15H2,1H3. The molecule has 0 saturated carbocycles. The Hall–Kier alpha value is -0.420. The Morgan fingerprint density at radius 3 is 3.22 bits per heavy atom. The summed E-state index contributed by atoms with van der Waals surface area (Å²) in [5, 5.41) is 2.22. The number of hydrogen-bond donors (Lipinski definition) is 1. The fourth-order valence-corrected chi connectivity index (χ4v) is 4.35. The first-order chi connectivity index (χ1) is 8.81. The van der Waals surface area contributed by atoms with Gasteiger partial charge in [0.05, 0.1) is 6.10 Å². The maximum absolute atomic E-state index is 6.02. The van der Waals surface area contributed by atoms with Crippen molar-refractivity contribution in [1.29, 1.82) is 0 Å². The topological polar surface area (TPSA) is 38.5 Å². The summed E-state index contributed by atoms with van der Waals surface area (Å²) in [6, 6.07) is 3.15. The molecule has 2 N–H and O–H groups in total. The van der Waals surface area contributed by atoms with Crippen LogP contribution in [0.4, 0.5) is 0 Å². The summed E-state index contributed by atoms with van der Waals surface area (Å²) in [4.78, 5) is 4.12. The van der Waals surface area contributed by atoms with Gasteiger partial charge in [0.25, 0.3) is 0 Å². The van der Waals surface area contributed by atoms with Gasteiger partial charge in [-0.25, -0.2) is 0 Å². The van der Waals surface area contributed by atoms with Gasteiger partial charge in [-0.1, -0.05) is 0 Å². The van der Waals surface area contributed by atoms with E-state index in [0.717, 1.165) is 13.2 Å². The lowest BCUT2D eigenvalue weighted by molar-refractivity contribution is 0.00816. The van der Waals surface area contributed by atoms with Crippen molar-refractivity contribution in [1.82, 2.24) is 4.90 Å². The van der Waals surface area contributed by atoms with Crippen LogP contribution in [0.5, 0.6) is 0 Å². The average molecular weight is 266 g/mol. The number of hydrogen-bond acceptors (Lipinski definition) is 4. The monoisotopic (exact) mass is 266 g/mol. The Balaban J connectivity index is 1.79. The Kier molecular flexibility index (Phi) is 3.71. The Morgan fingerprint density at radius 2 is 2.50 bits per heavy atom. The third-order valence-corrected chi connectivity index (χ3v) is 5.38. The molecule has 2 aliphatic heterocycles. The SMILES string of the molecule is CC1c2ccsc2CCN1C(CN)C1CCCO1. The summed E-state index contributed by atoms with van der Waals surface area (Å²) in [5.74, 6) is 0. The van der Waals surface area contributed by atoms with Crippen molar-refractivity contribution in [2.24, 2.45) is 5.73 Å². The highest BCUT2D eigenvalue weighted by Gasteiger charge is 2.35. The lowest BCUT2D eigenvalue weighted by Crippen LogP contribution is -2.51. The number of ether oxygens (including phenoxy) is 1. The van der Waals surface area contributed by atoms with E-state index in [4.69, 9.17) is 10.5 Å². The zero-order chi connectivity index (χ0) is 12.5. The molecule has 0 radical (unpaired) electrons. The van der Waals surface area contributed by atoms with E-state index in [2.05, 4.69) is 23.3 Å². The molecule has 0 bridgehead atoms. The summed E-state index contributed by atoms with van der Waals surface area (Å²) in [5.41, 5.74) is 7.52. The average Bonchev–Trinajstić information content (AvgIpc) is 3.03. The molecule has 18 heavy (non-hydrogen) atoms. The number of fused-ring (bicyclic) bond motifs is 1. The van der Waals surface area contributed by atoms with E-state index < -0.39 is 0 Å². The molecule has 100 valence electrons. The van der Waals surface area contributed by atoms with Crippen LogP contribution in [-0.4, -0.2) is 36.7 Å². The molecular formula is C14H22N2OS. The summed E-state index contributed by atoms with van der Waals surface area (Å²) in [6.07, 6.45) is 3.87. The third kappa shape index (κ3) is 2.11. The highest BCUT2D eigenvalue weighted by atomic mass is 32.1. The molecule has 3 unspecified atom stereocenters. The molecule has 0 aromatic carbocycles. The van der Waals surface area contributed by atoms with Crippen LogP contribution in [0.25, 0.3) is 0 Å². The van der Waals surface area contributed by atoms with E-state index in [9.17, 15) is 0 Å². The zero-order valence-electron chi connectivity index (χ0n) is 11.0. The van der Waals surface area contributed by atoms with Crippen LogP contribution in [0.1, 0.15) is 36.2 Å². The largest absolute Gasteiger partial charge is 0.377 e. The van der Waals surface area contributed by atoms with E-state index >= 15 is 0 Å². The molecule has 4 heteroatoms. The first kappa shape index (κ1) is 12.6. The Labute approximate surface area is 113 Å². The van der Waals surface area contributed by atoms with Gasteiger partial charge in [-0.3, -0.25) is 4.90 Å². The van der Waals surface area contributed by atoms with Crippen molar-refractivity contribution in [2.75, 3.05) is 19.7 Å². The van der Waals surface area contributed by atoms with Crippen LogP contribution in [0.15, 0.2) is 11.4 Å². The summed E-state index contributed by atoms with van der Waals surface area (Å²) >= 11 is 1.89. The minimum absolute atomic E-state index is 0.345. The first-order valence-electron chi connectivity index (χ1n) is 6.95. The van der Waals surface area contributed by atoms with Crippen molar-refractivity contribution < 1.29 is 4.74 Å². The van der Waals surface area contributed by atoms with Crippen molar-refractivity contribution >= 4 is 11.3 Å². The second-order valence-electron chi connectivity index (χ2n) is 5.32. The van der Waals surface area contributed by atoms with E-state index in [1.54, 1.807) is 4.88 Å². The van der Waals surface area contributed by atoms with Gasteiger partial charge in [-0.05, 0) is 43.2 Å². The van der Waals surface area contributed by atoms with Crippen molar-refractivity contribution in [3.05, 3.63) is 21.9 Å². The number of nitrogens with two attached hydrogens (primary N) is 1. The van der Waals surface area contributed by atoms with E-state index in [1.165, 1.54) is 24.8 Å². The van der Waals surface area contributed by atoms with Gasteiger partial charge < -0.3 is 10.5 Å². The van der Waals surface area contributed by atoms with Gasteiger partial charge in [0.15, 0.2) is 0 Å². The molecule has 3 atom stereocenters. The Bertz CT molecular complexity index is 400. The van der Waals surface area contributed by atoms with Gasteiger partial charge in [0.1, 0.15) is 0 Å². The fourth-order valence-electron chi connectivity index (χ4n) is 3.39. The lowest BCUT2D eigenvalue weighted by atomic mass is 9.96. The second-order valence-corrected chi connectivity index (χ2v) is 6.32. The van der Waals surface area contributed by atoms with Crippen molar-refractivity contribution in [3.8, 4) is 0 Å². The smallest absolute Gasteiger partial charge is 0.0743 e. The van der Waals surface area contributed by atoms with Gasteiger partial charge >= 0.3 is 0 Å². The van der Waals surface area contributed by atoms with Crippen molar-refractivity contribution in [3.63, 3.8) is 0 Å². The quantitative estimate of drug-likeness (QED) is 0.911. The molecule has 3 rings (SSSR count). The highest BCUT2D eigenvalue weighted by molar-refractivity contribution is 7.10. The molecular weight excluding hydrogens is 244 g/mol. The molecule has 0 amide bonds. The zero-order valence-corrected chi connectivity index (χ0v) is 11.8. The van der Waals surface area contributed by atoms with Gasteiger partial charge in [0, 0.05) is 36.7 Å². The third-order valence-electron chi connectivity index (χ3n) is 4.39. The number of rotatable bonds is 3. The summed E-state index contributed by atoms with van der Waals surface area (Å²) < 4.78 is 5.86. The predicted molar refractivity (Wildman–Crippen MR) is 75.0 cm³/mol. The van der Waals surface area contributed by atoms with E-state index in [-0.39, 0.29) is 0 Å². The van der Waals surface area contributed by atoms with Crippen LogP contribution in [0.2, 0.25) is 0 Å². The Morgan fingerprint density at radius 1 is 1.61 bits per heavy atom. The first-order valence-corrected chi connectivity index (χ1v) is 7.83. The molecule has 1 fully saturated rings. The predicted octanol–water partition coefficient (Wildman–Crippen LogP) is 2.17. The van der Waals surface area contributed by atoms with Crippen LogP contribution < -0.4 is 5.73 Å². The van der Waals surface area contributed by atoms with Crippen LogP contribution in [-0.2, 0) is 11.2 Å². The number of nitrogens with zero attached hydrogens (tertiary/aromatic N) is 1. The molecule has 1 aromatic heterocycles. The van der Waals surface area contributed by atoms with Crippen molar-refractivity contribution in [2.45, 2.75) is 44.4 Å². The summed E-state index contributed by atoms with van der Waals surface area (Å²) in [6.45, 7) is 5.04. The van der Waals surface area contributed by atoms with E-state index in [1.807, 2.05) is 11.3 Å². The normalized spacial score (nSPS) is 30.3. The summed E-state index contributed by atoms with van der Waals surface area (Å²) in [7, 11) is 0. The van der Waals surface area contributed by atoms with E-state index in [0.29, 0.717) is 24.7 Å². The van der Waals surface area contributed by atoms with Crippen LogP contribution in [0, 0.1) is 0 Å². The molecule has 1 aromatic rings. The van der Waals surface area contributed by atoms with Crippen LogP contribution in [0.3, 0.4) is 0 Å². The number of thiophene rings is 1. The highest BCUT2D eigenvalue weighted by Crippen LogP contribution is 2.35. The molecule has 3 nitrogen and oxygen atoms in total. The molecule has 2 aliphatic rings. The molecule has 0 aliphatic carbocycles. The maximum atomic E-state index is 6.02. The maximum Gasteiger partial charge on any atom is 0.0743 e. The fraction of sp³-hybridized carbons (Fsp3) is 0.714. The van der Waals surface area contributed by atoms with Crippen LogP contribution >= 0.6 is 11.3 Å².